The summed E-state index contributed by atoms with van der Waals surface area (Å²) in [5.74, 6) is -0.121. The molecule has 1 saturated heterocycles. The minimum Gasteiger partial charge on any atom is -0.336 e. The number of carbonyl (C=O) groups is 1. The van der Waals surface area contributed by atoms with Gasteiger partial charge >= 0.3 is 0 Å². The van der Waals surface area contributed by atoms with Crippen LogP contribution in [0.5, 0.6) is 0 Å². The van der Waals surface area contributed by atoms with Crippen LogP contribution in [0.3, 0.4) is 0 Å². The summed E-state index contributed by atoms with van der Waals surface area (Å²) in [6, 6.07) is 11.4. The van der Waals surface area contributed by atoms with Gasteiger partial charge in [0, 0.05) is 30.7 Å². The van der Waals surface area contributed by atoms with Crippen molar-refractivity contribution in [1.29, 1.82) is 0 Å². The van der Waals surface area contributed by atoms with E-state index in [4.69, 9.17) is 23.2 Å². The lowest BCUT2D eigenvalue weighted by Crippen LogP contribution is -2.50. The first-order valence-electron chi connectivity index (χ1n) is 7.80. The van der Waals surface area contributed by atoms with Crippen LogP contribution in [-0.4, -0.2) is 49.7 Å². The second kappa shape index (κ2) is 7.86. The van der Waals surface area contributed by atoms with Gasteiger partial charge in [0.15, 0.2) is 0 Å². The Balaban J connectivity index is 1.72. The van der Waals surface area contributed by atoms with Crippen molar-refractivity contribution in [3.8, 4) is 0 Å². The zero-order valence-electron chi connectivity index (χ0n) is 13.5. The van der Waals surface area contributed by atoms with Crippen molar-refractivity contribution in [2.45, 2.75) is 4.90 Å². The maximum absolute atomic E-state index is 12.8. The van der Waals surface area contributed by atoms with E-state index in [2.05, 4.69) is 15.9 Å². The standard InChI is InChI=1S/C17H15BrCl2N2O3S/c18-14-4-2-1-3-13(14)17(23)21-7-9-22(10-8-21)26(24,25)12-5-6-15(19)16(20)11-12/h1-6,11H,7-10H2. The third-order valence-electron chi connectivity index (χ3n) is 4.16. The smallest absolute Gasteiger partial charge is 0.255 e. The van der Waals surface area contributed by atoms with Gasteiger partial charge in [0.1, 0.15) is 0 Å². The van der Waals surface area contributed by atoms with Gasteiger partial charge in [-0.2, -0.15) is 4.31 Å². The van der Waals surface area contributed by atoms with Gasteiger partial charge in [0.05, 0.1) is 20.5 Å². The lowest BCUT2D eigenvalue weighted by Gasteiger charge is -2.34. The monoisotopic (exact) mass is 476 g/mol. The van der Waals surface area contributed by atoms with Gasteiger partial charge in [0.2, 0.25) is 10.0 Å². The summed E-state index contributed by atoms with van der Waals surface area (Å²) in [6.07, 6.45) is 0. The first-order valence-corrected chi connectivity index (χ1v) is 10.8. The number of hydrogen-bond acceptors (Lipinski definition) is 3. The average Bonchev–Trinajstić information content (AvgIpc) is 2.64. The Morgan fingerprint density at radius 3 is 2.23 bits per heavy atom. The molecule has 26 heavy (non-hydrogen) atoms. The first-order chi connectivity index (χ1) is 12.3. The van der Waals surface area contributed by atoms with Crippen LogP contribution in [0.25, 0.3) is 0 Å². The van der Waals surface area contributed by atoms with E-state index in [9.17, 15) is 13.2 Å². The molecular formula is C17H15BrCl2N2O3S. The summed E-state index contributed by atoms with van der Waals surface area (Å²) in [5, 5.41) is 0.491. The predicted octanol–water partition coefficient (Wildman–Crippen LogP) is 3.90. The zero-order chi connectivity index (χ0) is 18.9. The Labute approximate surface area is 170 Å². The molecule has 0 spiro atoms. The van der Waals surface area contributed by atoms with Gasteiger partial charge in [-0.25, -0.2) is 8.42 Å². The van der Waals surface area contributed by atoms with Gasteiger partial charge in [-0.3, -0.25) is 4.79 Å². The molecule has 0 saturated carbocycles. The van der Waals surface area contributed by atoms with Gasteiger partial charge in [-0.05, 0) is 46.3 Å². The van der Waals surface area contributed by atoms with E-state index in [0.29, 0.717) is 23.7 Å². The number of nitrogens with zero attached hydrogens (tertiary/aromatic N) is 2. The number of halogens is 3. The van der Waals surface area contributed by atoms with Crippen LogP contribution < -0.4 is 0 Å². The predicted molar refractivity (Wildman–Crippen MR) is 105 cm³/mol. The second-order valence-electron chi connectivity index (χ2n) is 5.75. The van der Waals surface area contributed by atoms with Crippen molar-refractivity contribution in [3.05, 3.63) is 62.5 Å². The number of sulfonamides is 1. The normalized spacial score (nSPS) is 15.9. The molecule has 1 aliphatic rings. The minimum absolute atomic E-state index is 0.0949. The maximum atomic E-state index is 12.8. The van der Waals surface area contributed by atoms with Crippen molar-refractivity contribution in [3.63, 3.8) is 0 Å². The number of rotatable bonds is 3. The Morgan fingerprint density at radius 1 is 0.962 bits per heavy atom. The Bertz CT molecular complexity index is 945. The van der Waals surface area contributed by atoms with Crippen molar-refractivity contribution in [1.82, 2.24) is 9.21 Å². The van der Waals surface area contributed by atoms with E-state index in [0.717, 1.165) is 4.47 Å². The third kappa shape index (κ3) is 3.92. The van der Waals surface area contributed by atoms with Crippen molar-refractivity contribution < 1.29 is 13.2 Å². The minimum atomic E-state index is -3.68. The molecule has 2 aromatic carbocycles. The molecule has 1 aliphatic heterocycles. The Kier molecular flexibility index (Phi) is 5.94. The highest BCUT2D eigenvalue weighted by Gasteiger charge is 2.31. The summed E-state index contributed by atoms with van der Waals surface area (Å²) in [7, 11) is -3.68. The molecule has 3 rings (SSSR count). The fraction of sp³-hybridized carbons (Fsp3) is 0.235. The fourth-order valence-electron chi connectivity index (χ4n) is 2.72. The van der Waals surface area contributed by atoms with Crippen molar-refractivity contribution in [2.75, 3.05) is 26.2 Å². The van der Waals surface area contributed by atoms with E-state index in [1.165, 1.54) is 22.5 Å². The molecule has 2 aromatic rings. The lowest BCUT2D eigenvalue weighted by atomic mass is 10.2. The number of carbonyl (C=O) groups excluding carboxylic acids is 1. The highest BCUT2D eigenvalue weighted by molar-refractivity contribution is 9.10. The van der Waals surface area contributed by atoms with Crippen LogP contribution >= 0.6 is 39.1 Å². The van der Waals surface area contributed by atoms with Gasteiger partial charge in [0.25, 0.3) is 5.91 Å². The van der Waals surface area contributed by atoms with Gasteiger partial charge < -0.3 is 4.90 Å². The van der Waals surface area contributed by atoms with E-state index in [-0.39, 0.29) is 28.9 Å². The lowest BCUT2D eigenvalue weighted by molar-refractivity contribution is 0.0697. The molecular weight excluding hydrogens is 463 g/mol. The number of piperazine rings is 1. The SMILES string of the molecule is O=C(c1ccccc1Br)N1CCN(S(=O)(=O)c2ccc(Cl)c(Cl)c2)CC1. The Morgan fingerprint density at radius 2 is 1.62 bits per heavy atom. The molecule has 0 N–H and O–H groups in total. The number of hydrogen-bond donors (Lipinski definition) is 0. The van der Waals surface area contributed by atoms with Crippen LogP contribution in [0.15, 0.2) is 51.8 Å². The molecule has 0 aromatic heterocycles. The van der Waals surface area contributed by atoms with Crippen LogP contribution in [0.4, 0.5) is 0 Å². The Hall–Kier alpha value is -1.12. The zero-order valence-corrected chi connectivity index (χ0v) is 17.4. The molecule has 9 heteroatoms. The van der Waals surface area contributed by atoms with Gasteiger partial charge in [-0.15, -0.1) is 0 Å². The van der Waals surface area contributed by atoms with E-state index in [1.807, 2.05) is 6.07 Å². The molecule has 138 valence electrons. The second-order valence-corrected chi connectivity index (χ2v) is 9.36. The maximum Gasteiger partial charge on any atom is 0.255 e. The van der Waals surface area contributed by atoms with Crippen molar-refractivity contribution >= 4 is 55.1 Å². The summed E-state index contributed by atoms with van der Waals surface area (Å²) >= 11 is 15.2. The highest BCUT2D eigenvalue weighted by Crippen LogP contribution is 2.27. The first kappa shape index (κ1) is 19.6. The van der Waals surface area contributed by atoms with Crippen LogP contribution in [0.2, 0.25) is 10.0 Å². The van der Waals surface area contributed by atoms with E-state index >= 15 is 0 Å². The summed E-state index contributed by atoms with van der Waals surface area (Å²) < 4.78 is 27.6. The van der Waals surface area contributed by atoms with Crippen LogP contribution in [0.1, 0.15) is 10.4 Å². The van der Waals surface area contributed by atoms with Crippen LogP contribution in [-0.2, 0) is 10.0 Å². The molecule has 0 bridgehead atoms. The number of benzene rings is 2. The molecule has 1 heterocycles. The average molecular weight is 478 g/mol. The molecule has 1 fully saturated rings. The molecule has 0 atom stereocenters. The van der Waals surface area contributed by atoms with Crippen LogP contribution in [0, 0.1) is 0 Å². The molecule has 1 amide bonds. The third-order valence-corrected chi connectivity index (χ3v) is 7.48. The summed E-state index contributed by atoms with van der Waals surface area (Å²) in [5.41, 5.74) is 0.563. The fourth-order valence-corrected chi connectivity index (χ4v) is 4.99. The van der Waals surface area contributed by atoms with E-state index < -0.39 is 10.0 Å². The molecule has 0 unspecified atom stereocenters. The van der Waals surface area contributed by atoms with Gasteiger partial charge in [-0.1, -0.05) is 35.3 Å². The molecule has 0 radical (unpaired) electrons. The molecule has 5 nitrogen and oxygen atoms in total. The largest absolute Gasteiger partial charge is 0.336 e. The quantitative estimate of drug-likeness (QED) is 0.673. The summed E-state index contributed by atoms with van der Waals surface area (Å²) in [6.45, 7) is 1.08. The number of amides is 1. The topological polar surface area (TPSA) is 57.7 Å². The summed E-state index contributed by atoms with van der Waals surface area (Å²) in [4.78, 5) is 14.4. The molecule has 0 aliphatic carbocycles. The van der Waals surface area contributed by atoms with Crippen molar-refractivity contribution in [2.24, 2.45) is 0 Å². The van der Waals surface area contributed by atoms with E-state index in [1.54, 1.807) is 23.1 Å². The highest BCUT2D eigenvalue weighted by atomic mass is 79.9.